The van der Waals surface area contributed by atoms with E-state index in [9.17, 15) is 26.4 Å². The van der Waals surface area contributed by atoms with Crippen molar-refractivity contribution in [2.24, 2.45) is 5.73 Å². The number of amides is 1. The summed E-state index contributed by atoms with van der Waals surface area (Å²) in [5.74, 6) is -1.16. The van der Waals surface area contributed by atoms with Crippen LogP contribution in [0.4, 0.5) is 13.2 Å². The zero-order valence-corrected chi connectivity index (χ0v) is 12.2. The smallest absolute Gasteiger partial charge is 0.376 e. The molecule has 2 aromatic carbocycles. The summed E-state index contributed by atoms with van der Waals surface area (Å²) in [5, 5.41) is 0. The Morgan fingerprint density at radius 2 is 1.57 bits per heavy atom. The van der Waals surface area contributed by atoms with Crippen molar-refractivity contribution in [1.82, 2.24) is 0 Å². The van der Waals surface area contributed by atoms with Crippen molar-refractivity contribution in [2.45, 2.75) is 5.51 Å². The molecule has 0 heterocycles. The largest absolute Gasteiger partial charge is 0.534 e. The Balaban J connectivity index is 2.38. The van der Waals surface area contributed by atoms with E-state index in [1.165, 1.54) is 30.3 Å². The molecule has 0 spiro atoms. The van der Waals surface area contributed by atoms with E-state index >= 15 is 0 Å². The predicted molar refractivity (Wildman–Crippen MR) is 76.0 cm³/mol. The number of halogens is 3. The molecule has 2 N–H and O–H groups in total. The number of benzene rings is 2. The molecule has 0 atom stereocenters. The second-order valence-corrected chi connectivity index (χ2v) is 5.99. The monoisotopic (exact) mass is 345 g/mol. The molecular weight excluding hydrogens is 335 g/mol. The molecule has 1 amide bonds. The first-order chi connectivity index (χ1) is 10.6. The minimum atomic E-state index is -5.75. The van der Waals surface area contributed by atoms with Crippen LogP contribution in [0.3, 0.4) is 0 Å². The second kappa shape index (κ2) is 5.92. The quantitative estimate of drug-likeness (QED) is 0.682. The average Bonchev–Trinajstić information content (AvgIpc) is 2.46. The van der Waals surface area contributed by atoms with Crippen molar-refractivity contribution in [1.29, 1.82) is 0 Å². The van der Waals surface area contributed by atoms with Gasteiger partial charge in [0.2, 0.25) is 5.91 Å². The Labute approximate surface area is 129 Å². The second-order valence-electron chi connectivity index (χ2n) is 4.46. The summed E-state index contributed by atoms with van der Waals surface area (Å²) in [6, 6.07) is 11.1. The lowest BCUT2D eigenvalue weighted by atomic mass is 10.0. The van der Waals surface area contributed by atoms with E-state index in [0.717, 1.165) is 12.1 Å². The summed E-state index contributed by atoms with van der Waals surface area (Å²) in [5.41, 5.74) is 0.673. The molecule has 5 nitrogen and oxygen atoms in total. The molecule has 2 aromatic rings. The first-order valence-electron chi connectivity index (χ1n) is 6.11. The van der Waals surface area contributed by atoms with Gasteiger partial charge in [0.25, 0.3) is 0 Å². The molecule has 0 bridgehead atoms. The van der Waals surface area contributed by atoms with Crippen molar-refractivity contribution in [3.05, 3.63) is 54.1 Å². The summed E-state index contributed by atoms with van der Waals surface area (Å²) in [6.07, 6.45) is 0. The van der Waals surface area contributed by atoms with Crippen molar-refractivity contribution < 1.29 is 30.6 Å². The van der Waals surface area contributed by atoms with Crippen molar-refractivity contribution in [2.75, 3.05) is 0 Å². The molecule has 0 aliphatic rings. The molecule has 0 aromatic heterocycles. The first kappa shape index (κ1) is 16.8. The fourth-order valence-electron chi connectivity index (χ4n) is 1.75. The lowest BCUT2D eigenvalue weighted by molar-refractivity contribution is -0.0500. The van der Waals surface area contributed by atoms with Crippen LogP contribution in [-0.4, -0.2) is 19.8 Å². The third kappa shape index (κ3) is 3.81. The van der Waals surface area contributed by atoms with Crippen molar-refractivity contribution in [3.63, 3.8) is 0 Å². The lowest BCUT2D eigenvalue weighted by Gasteiger charge is -2.10. The van der Waals surface area contributed by atoms with E-state index in [0.29, 0.717) is 11.1 Å². The summed E-state index contributed by atoms with van der Waals surface area (Å²) in [6.45, 7) is 0. The SMILES string of the molecule is NC(=O)c1cccc(-c2cccc(OS(=O)(=O)C(F)(F)F)c2)c1. The van der Waals surface area contributed by atoms with Gasteiger partial charge >= 0.3 is 15.6 Å². The van der Waals surface area contributed by atoms with E-state index in [-0.39, 0.29) is 5.56 Å². The normalized spacial score (nSPS) is 12.0. The van der Waals surface area contributed by atoms with Crippen molar-refractivity contribution >= 4 is 16.0 Å². The number of rotatable bonds is 4. The third-order valence-corrected chi connectivity index (χ3v) is 3.78. The molecule has 122 valence electrons. The van der Waals surface area contributed by atoms with Crippen LogP contribution in [0.1, 0.15) is 10.4 Å². The lowest BCUT2D eigenvalue weighted by Crippen LogP contribution is -2.28. The Morgan fingerprint density at radius 3 is 2.13 bits per heavy atom. The van der Waals surface area contributed by atoms with Gasteiger partial charge < -0.3 is 9.92 Å². The molecule has 0 aliphatic carbocycles. The standard InChI is InChI=1S/C14H10F3NO4S/c15-14(16,17)23(20,21)22-12-6-2-4-10(8-12)9-3-1-5-11(7-9)13(18)19/h1-8H,(H2,18,19). The van der Waals surface area contributed by atoms with Gasteiger partial charge in [-0.1, -0.05) is 24.3 Å². The summed E-state index contributed by atoms with van der Waals surface area (Å²) in [7, 11) is -5.75. The highest BCUT2D eigenvalue weighted by molar-refractivity contribution is 7.88. The maximum absolute atomic E-state index is 12.3. The Hall–Kier alpha value is -2.55. The first-order valence-corrected chi connectivity index (χ1v) is 7.52. The number of carbonyl (C=O) groups is 1. The topological polar surface area (TPSA) is 86.5 Å². The van der Waals surface area contributed by atoms with E-state index < -0.39 is 27.3 Å². The number of hydrogen-bond acceptors (Lipinski definition) is 4. The van der Waals surface area contributed by atoms with Crippen LogP contribution >= 0.6 is 0 Å². The van der Waals surface area contributed by atoms with Crippen LogP contribution < -0.4 is 9.92 Å². The van der Waals surface area contributed by atoms with Gasteiger partial charge in [0.15, 0.2) is 0 Å². The Bertz CT molecular complexity index is 847. The van der Waals surface area contributed by atoms with Gasteiger partial charge in [0.1, 0.15) is 5.75 Å². The van der Waals surface area contributed by atoms with Gasteiger partial charge in [-0.15, -0.1) is 0 Å². The minimum Gasteiger partial charge on any atom is -0.376 e. The van der Waals surface area contributed by atoms with Crippen LogP contribution in [-0.2, 0) is 10.1 Å². The highest BCUT2D eigenvalue weighted by Gasteiger charge is 2.48. The average molecular weight is 345 g/mol. The third-order valence-electron chi connectivity index (χ3n) is 2.80. The van der Waals surface area contributed by atoms with Gasteiger partial charge in [-0.05, 0) is 35.4 Å². The van der Waals surface area contributed by atoms with Crippen LogP contribution in [0.5, 0.6) is 5.75 Å². The molecule has 0 unspecified atom stereocenters. The van der Waals surface area contributed by atoms with Crippen molar-refractivity contribution in [3.8, 4) is 16.9 Å². The summed E-state index contributed by atoms with van der Waals surface area (Å²) >= 11 is 0. The number of alkyl halides is 3. The van der Waals surface area contributed by atoms with Gasteiger partial charge in [-0.3, -0.25) is 4.79 Å². The van der Waals surface area contributed by atoms with E-state index in [1.807, 2.05) is 0 Å². The molecule has 0 radical (unpaired) electrons. The van der Waals surface area contributed by atoms with Crippen LogP contribution in [0.2, 0.25) is 0 Å². The van der Waals surface area contributed by atoms with Gasteiger partial charge in [0, 0.05) is 5.56 Å². The van der Waals surface area contributed by atoms with Gasteiger partial charge in [-0.25, -0.2) is 0 Å². The summed E-state index contributed by atoms with van der Waals surface area (Å²) < 4.78 is 63.0. The molecule has 2 rings (SSSR count). The van der Waals surface area contributed by atoms with E-state index in [2.05, 4.69) is 4.18 Å². The molecule has 23 heavy (non-hydrogen) atoms. The molecule has 0 saturated carbocycles. The zero-order valence-electron chi connectivity index (χ0n) is 11.4. The highest BCUT2D eigenvalue weighted by Crippen LogP contribution is 2.29. The van der Waals surface area contributed by atoms with Gasteiger partial charge in [0.05, 0.1) is 0 Å². The molecule has 0 aliphatic heterocycles. The zero-order chi connectivity index (χ0) is 17.3. The van der Waals surface area contributed by atoms with E-state index in [4.69, 9.17) is 5.73 Å². The Kier molecular flexibility index (Phi) is 4.33. The van der Waals surface area contributed by atoms with Crippen LogP contribution in [0.25, 0.3) is 11.1 Å². The fraction of sp³-hybridized carbons (Fsp3) is 0.0714. The number of nitrogens with two attached hydrogens (primary N) is 1. The fourth-order valence-corrected chi connectivity index (χ4v) is 2.20. The Morgan fingerprint density at radius 1 is 1.00 bits per heavy atom. The predicted octanol–water partition coefficient (Wildman–Crippen LogP) is 2.68. The number of hydrogen-bond donors (Lipinski definition) is 1. The maximum Gasteiger partial charge on any atom is 0.534 e. The van der Waals surface area contributed by atoms with Crippen LogP contribution in [0, 0.1) is 0 Å². The van der Waals surface area contributed by atoms with Crippen LogP contribution in [0.15, 0.2) is 48.5 Å². The number of carbonyl (C=O) groups excluding carboxylic acids is 1. The molecular formula is C14H10F3NO4S. The summed E-state index contributed by atoms with van der Waals surface area (Å²) in [4.78, 5) is 11.1. The molecule has 0 saturated heterocycles. The minimum absolute atomic E-state index is 0.205. The molecule has 9 heteroatoms. The maximum atomic E-state index is 12.3. The van der Waals surface area contributed by atoms with Gasteiger partial charge in [-0.2, -0.15) is 21.6 Å². The van der Waals surface area contributed by atoms with E-state index in [1.54, 1.807) is 6.07 Å². The highest BCUT2D eigenvalue weighted by atomic mass is 32.2. The molecule has 0 fully saturated rings. The number of primary amides is 1.